The Labute approximate surface area is 88.1 Å². The summed E-state index contributed by atoms with van der Waals surface area (Å²) in [6.45, 7) is 7.02. The molecule has 1 aliphatic carbocycles. The molecule has 2 heteroatoms. The zero-order valence-corrected chi connectivity index (χ0v) is 9.79. The molecule has 1 saturated carbocycles. The van der Waals surface area contributed by atoms with E-state index in [4.69, 9.17) is 0 Å². The van der Waals surface area contributed by atoms with Gasteiger partial charge in [-0.2, -0.15) is 0 Å². The van der Waals surface area contributed by atoms with Gasteiger partial charge in [-0.15, -0.1) is 0 Å². The lowest BCUT2D eigenvalue weighted by Crippen LogP contribution is -2.40. The molecule has 14 heavy (non-hydrogen) atoms. The predicted molar refractivity (Wildman–Crippen MR) is 60.3 cm³/mol. The zero-order chi connectivity index (χ0) is 10.6. The van der Waals surface area contributed by atoms with Crippen molar-refractivity contribution >= 4 is 0 Å². The number of aliphatic hydroxyl groups is 1. The quantitative estimate of drug-likeness (QED) is 0.711. The minimum Gasteiger partial charge on any atom is -0.395 e. The molecule has 1 rings (SSSR count). The second-order valence-corrected chi connectivity index (χ2v) is 5.29. The van der Waals surface area contributed by atoms with Crippen LogP contribution in [0.2, 0.25) is 0 Å². The topological polar surface area (TPSA) is 32.3 Å². The molecular weight excluding hydrogens is 174 g/mol. The van der Waals surface area contributed by atoms with Gasteiger partial charge in [-0.05, 0) is 37.5 Å². The molecule has 0 aromatic heterocycles. The monoisotopic (exact) mass is 199 g/mol. The van der Waals surface area contributed by atoms with Gasteiger partial charge in [0.1, 0.15) is 0 Å². The normalized spacial score (nSPS) is 29.8. The van der Waals surface area contributed by atoms with Gasteiger partial charge in [0.05, 0.1) is 6.61 Å². The second-order valence-electron chi connectivity index (χ2n) is 5.29. The van der Waals surface area contributed by atoms with Crippen LogP contribution in [0, 0.1) is 11.8 Å². The molecule has 3 atom stereocenters. The van der Waals surface area contributed by atoms with E-state index in [-0.39, 0.29) is 6.61 Å². The average Bonchev–Trinajstić information content (AvgIpc) is 2.49. The molecule has 0 saturated heterocycles. The van der Waals surface area contributed by atoms with Crippen molar-refractivity contribution in [3.05, 3.63) is 0 Å². The number of rotatable bonds is 5. The number of aliphatic hydroxyl groups excluding tert-OH is 1. The summed E-state index contributed by atoms with van der Waals surface area (Å²) < 4.78 is 0. The molecule has 2 nitrogen and oxygen atoms in total. The van der Waals surface area contributed by atoms with Crippen LogP contribution in [-0.4, -0.2) is 23.8 Å². The lowest BCUT2D eigenvalue weighted by molar-refractivity contribution is 0.212. The number of nitrogens with one attached hydrogen (secondary N) is 1. The van der Waals surface area contributed by atoms with Crippen LogP contribution in [0.3, 0.4) is 0 Å². The highest BCUT2D eigenvalue weighted by Gasteiger charge is 2.23. The molecule has 0 radical (unpaired) electrons. The lowest BCUT2D eigenvalue weighted by Gasteiger charge is -2.22. The van der Waals surface area contributed by atoms with Gasteiger partial charge in [0.25, 0.3) is 0 Å². The number of hydrogen-bond acceptors (Lipinski definition) is 2. The van der Waals surface area contributed by atoms with E-state index in [2.05, 4.69) is 26.1 Å². The van der Waals surface area contributed by atoms with E-state index >= 15 is 0 Å². The van der Waals surface area contributed by atoms with E-state index < -0.39 is 0 Å². The smallest absolute Gasteiger partial charge is 0.0584 e. The molecule has 0 bridgehead atoms. The summed E-state index contributed by atoms with van der Waals surface area (Å²) in [5, 5.41) is 12.8. The summed E-state index contributed by atoms with van der Waals surface area (Å²) in [4.78, 5) is 0. The minimum atomic E-state index is 0.281. The Morgan fingerprint density at radius 1 is 1.36 bits per heavy atom. The van der Waals surface area contributed by atoms with E-state index in [0.717, 1.165) is 12.3 Å². The van der Waals surface area contributed by atoms with Crippen molar-refractivity contribution < 1.29 is 5.11 Å². The van der Waals surface area contributed by atoms with Crippen LogP contribution in [0.25, 0.3) is 0 Å². The third-order valence-electron chi connectivity index (χ3n) is 3.14. The summed E-state index contributed by atoms with van der Waals surface area (Å²) in [6.07, 6.45) is 5.00. The zero-order valence-electron chi connectivity index (χ0n) is 9.79. The third kappa shape index (κ3) is 3.97. The summed E-state index contributed by atoms with van der Waals surface area (Å²) in [5.74, 6) is 1.53. The van der Waals surface area contributed by atoms with Gasteiger partial charge >= 0.3 is 0 Å². The molecule has 1 fully saturated rings. The summed E-state index contributed by atoms with van der Waals surface area (Å²) in [5.41, 5.74) is 0. The molecule has 0 unspecified atom stereocenters. The van der Waals surface area contributed by atoms with Crippen LogP contribution in [0.15, 0.2) is 0 Å². The molecule has 0 aromatic rings. The second kappa shape index (κ2) is 5.72. The Kier molecular flexibility index (Phi) is 4.90. The van der Waals surface area contributed by atoms with Gasteiger partial charge in [0.15, 0.2) is 0 Å². The Hall–Kier alpha value is -0.0800. The molecule has 0 aromatic carbocycles. The van der Waals surface area contributed by atoms with Crippen LogP contribution in [0.4, 0.5) is 0 Å². The van der Waals surface area contributed by atoms with E-state index in [1.807, 2.05) is 0 Å². The maximum absolute atomic E-state index is 9.24. The van der Waals surface area contributed by atoms with Gasteiger partial charge in [-0.3, -0.25) is 0 Å². The van der Waals surface area contributed by atoms with E-state index in [1.165, 1.54) is 19.3 Å². The van der Waals surface area contributed by atoms with Gasteiger partial charge in [-0.1, -0.05) is 20.8 Å². The Morgan fingerprint density at radius 2 is 2.07 bits per heavy atom. The molecule has 0 aliphatic heterocycles. The first-order valence-electron chi connectivity index (χ1n) is 5.98. The fourth-order valence-electron chi connectivity index (χ4n) is 2.46. The van der Waals surface area contributed by atoms with E-state index in [9.17, 15) is 5.11 Å². The van der Waals surface area contributed by atoms with Gasteiger partial charge < -0.3 is 10.4 Å². The van der Waals surface area contributed by atoms with Crippen molar-refractivity contribution in [3.63, 3.8) is 0 Å². The van der Waals surface area contributed by atoms with Crippen molar-refractivity contribution in [1.82, 2.24) is 5.32 Å². The van der Waals surface area contributed by atoms with Crippen molar-refractivity contribution in [2.24, 2.45) is 11.8 Å². The molecular formula is C12H25NO. The van der Waals surface area contributed by atoms with Crippen LogP contribution >= 0.6 is 0 Å². The fourth-order valence-corrected chi connectivity index (χ4v) is 2.46. The predicted octanol–water partition coefficient (Wildman–Crippen LogP) is 2.17. The maximum Gasteiger partial charge on any atom is 0.0584 e. The van der Waals surface area contributed by atoms with Crippen molar-refractivity contribution in [2.45, 2.75) is 58.5 Å². The first-order chi connectivity index (χ1) is 6.61. The van der Waals surface area contributed by atoms with Gasteiger partial charge in [0.2, 0.25) is 0 Å². The molecule has 84 valence electrons. The summed E-state index contributed by atoms with van der Waals surface area (Å²) in [7, 11) is 0. The Morgan fingerprint density at radius 3 is 2.50 bits per heavy atom. The number of hydrogen-bond donors (Lipinski definition) is 2. The van der Waals surface area contributed by atoms with Crippen LogP contribution < -0.4 is 5.32 Å². The molecule has 0 heterocycles. The Bertz CT molecular complexity index is 158. The molecule has 2 N–H and O–H groups in total. The van der Waals surface area contributed by atoms with Gasteiger partial charge in [0, 0.05) is 12.1 Å². The van der Waals surface area contributed by atoms with Crippen molar-refractivity contribution in [1.29, 1.82) is 0 Å². The van der Waals surface area contributed by atoms with Crippen LogP contribution in [0.5, 0.6) is 0 Å². The van der Waals surface area contributed by atoms with E-state index in [1.54, 1.807) is 0 Å². The lowest BCUT2D eigenvalue weighted by atomic mass is 10.0. The molecule has 1 aliphatic rings. The highest BCUT2D eigenvalue weighted by molar-refractivity contribution is 4.81. The average molecular weight is 199 g/mol. The highest BCUT2D eigenvalue weighted by atomic mass is 16.3. The highest BCUT2D eigenvalue weighted by Crippen LogP contribution is 2.25. The van der Waals surface area contributed by atoms with Crippen molar-refractivity contribution in [2.75, 3.05) is 6.61 Å². The molecule has 0 spiro atoms. The maximum atomic E-state index is 9.24. The minimum absolute atomic E-state index is 0.281. The largest absolute Gasteiger partial charge is 0.395 e. The van der Waals surface area contributed by atoms with Crippen molar-refractivity contribution in [3.8, 4) is 0 Å². The first kappa shape index (κ1) is 12.0. The fraction of sp³-hybridized carbons (Fsp3) is 1.00. The summed E-state index contributed by atoms with van der Waals surface area (Å²) >= 11 is 0. The molecule has 0 amide bonds. The van der Waals surface area contributed by atoms with E-state index in [0.29, 0.717) is 18.0 Å². The third-order valence-corrected chi connectivity index (χ3v) is 3.14. The SMILES string of the molecule is CC(C)C[C@H](CO)N[C@H]1CC[C@H](C)C1. The first-order valence-corrected chi connectivity index (χ1v) is 5.98. The standard InChI is InChI=1S/C12H25NO/c1-9(2)6-12(8-14)13-11-5-4-10(3)7-11/h9-14H,4-8H2,1-3H3/t10-,11-,12+/m0/s1. The van der Waals surface area contributed by atoms with Crippen LogP contribution in [0.1, 0.15) is 46.5 Å². The Balaban J connectivity index is 2.26. The van der Waals surface area contributed by atoms with Crippen LogP contribution in [-0.2, 0) is 0 Å². The van der Waals surface area contributed by atoms with Gasteiger partial charge in [-0.25, -0.2) is 0 Å². The summed E-state index contributed by atoms with van der Waals surface area (Å²) in [6, 6.07) is 0.964.